The summed E-state index contributed by atoms with van der Waals surface area (Å²) in [7, 11) is 0. The second kappa shape index (κ2) is 12.7. The van der Waals surface area contributed by atoms with E-state index < -0.39 is 0 Å². The first-order valence-corrected chi connectivity index (χ1v) is 21.5. The fourth-order valence-corrected chi connectivity index (χ4v) is 10.9. The largest absolute Gasteiger partial charge is 0.309 e. The van der Waals surface area contributed by atoms with Crippen molar-refractivity contribution in [2.45, 2.75) is 0 Å². The molecule has 0 radical (unpaired) electrons. The molecule has 286 valence electrons. The Morgan fingerprint density at radius 1 is 0.258 bits per heavy atom. The van der Waals surface area contributed by atoms with Crippen LogP contribution in [0, 0.1) is 0 Å². The number of hydrogen-bond donors (Lipinski definition) is 0. The van der Waals surface area contributed by atoms with Gasteiger partial charge in [-0.25, -0.2) is 0 Å². The zero-order valence-electron chi connectivity index (χ0n) is 33.7. The number of fused-ring (bicyclic) bond motifs is 12. The molecule has 0 saturated heterocycles. The Bertz CT molecular complexity index is 4030. The van der Waals surface area contributed by atoms with Gasteiger partial charge in [-0.15, -0.1) is 0 Å². The van der Waals surface area contributed by atoms with E-state index in [0.717, 1.165) is 5.69 Å². The second-order valence-electron chi connectivity index (χ2n) is 16.8. The van der Waals surface area contributed by atoms with Gasteiger partial charge in [-0.05, 0) is 109 Å². The van der Waals surface area contributed by atoms with Crippen molar-refractivity contribution in [1.29, 1.82) is 0 Å². The minimum absolute atomic E-state index is 1.16. The standard InChI is InChI=1S/C60H36N2/c1-2-15-42(16-3-1)61-57-35-39(26-30-50(57)53-31-24-37-12-4-5-17-44(37)60(53)61)40-25-29-49-48-20-8-9-23-55(48)62(58(49)36-40)56-33-32-43(45-18-6-7-19-47(45)56)41-27-28-46-51-21-10-13-38-14-11-22-52(59(38)51)54(46)34-41/h1-36H. The highest BCUT2D eigenvalue weighted by molar-refractivity contribution is 6.20. The molecule has 2 nitrogen and oxygen atoms in total. The molecule has 0 amide bonds. The van der Waals surface area contributed by atoms with Gasteiger partial charge in [0.05, 0.1) is 27.8 Å². The fourth-order valence-electron chi connectivity index (χ4n) is 10.9. The topological polar surface area (TPSA) is 9.86 Å². The van der Waals surface area contributed by atoms with Crippen LogP contribution in [0.15, 0.2) is 218 Å². The number of hydrogen-bond acceptors (Lipinski definition) is 0. The molecule has 0 saturated carbocycles. The highest BCUT2D eigenvalue weighted by Gasteiger charge is 2.23. The van der Waals surface area contributed by atoms with Crippen LogP contribution < -0.4 is 0 Å². The molecular weight excluding hydrogens is 749 g/mol. The molecule has 14 rings (SSSR count). The summed E-state index contributed by atoms with van der Waals surface area (Å²) in [6, 6.07) is 81.1. The van der Waals surface area contributed by atoms with Crippen LogP contribution in [0.5, 0.6) is 0 Å². The zero-order valence-corrected chi connectivity index (χ0v) is 33.7. The van der Waals surface area contributed by atoms with Gasteiger partial charge in [-0.1, -0.05) is 176 Å². The predicted molar refractivity (Wildman–Crippen MR) is 263 cm³/mol. The van der Waals surface area contributed by atoms with Crippen LogP contribution in [0.3, 0.4) is 0 Å². The van der Waals surface area contributed by atoms with Gasteiger partial charge in [0.1, 0.15) is 0 Å². The Hall–Kier alpha value is -8.20. The van der Waals surface area contributed by atoms with Crippen LogP contribution in [0.4, 0.5) is 0 Å². The predicted octanol–water partition coefficient (Wildman–Crippen LogP) is 16.3. The van der Waals surface area contributed by atoms with Gasteiger partial charge in [0.25, 0.3) is 0 Å². The van der Waals surface area contributed by atoms with Crippen molar-refractivity contribution < 1.29 is 0 Å². The molecule has 0 atom stereocenters. The summed E-state index contributed by atoms with van der Waals surface area (Å²) >= 11 is 0. The fraction of sp³-hybridized carbons (Fsp3) is 0. The summed E-state index contributed by atoms with van der Waals surface area (Å²) in [6.07, 6.45) is 0. The van der Waals surface area contributed by atoms with E-state index in [1.54, 1.807) is 0 Å². The molecule has 0 spiro atoms. The van der Waals surface area contributed by atoms with Gasteiger partial charge in [0.2, 0.25) is 0 Å². The Balaban J connectivity index is 0.964. The summed E-state index contributed by atoms with van der Waals surface area (Å²) in [5.74, 6) is 0. The van der Waals surface area contributed by atoms with Gasteiger partial charge in [-0.2, -0.15) is 0 Å². The van der Waals surface area contributed by atoms with Gasteiger partial charge < -0.3 is 9.13 Å². The third kappa shape index (κ3) is 4.64. The number of benzene rings is 11. The molecule has 1 aliphatic carbocycles. The van der Waals surface area contributed by atoms with Crippen LogP contribution in [0.1, 0.15) is 0 Å². The average Bonchev–Trinajstić information content (AvgIpc) is 3.97. The smallest absolute Gasteiger partial charge is 0.0619 e. The number of para-hydroxylation sites is 2. The highest BCUT2D eigenvalue weighted by atomic mass is 15.0. The molecule has 2 heteroatoms. The van der Waals surface area contributed by atoms with Crippen LogP contribution in [0.2, 0.25) is 0 Å². The summed E-state index contributed by atoms with van der Waals surface area (Å²) in [4.78, 5) is 0. The van der Waals surface area contributed by atoms with Crippen molar-refractivity contribution in [2.24, 2.45) is 0 Å². The average molecular weight is 785 g/mol. The van der Waals surface area contributed by atoms with Gasteiger partial charge in [0.15, 0.2) is 0 Å². The molecule has 2 heterocycles. The quantitative estimate of drug-likeness (QED) is 0.168. The van der Waals surface area contributed by atoms with Crippen molar-refractivity contribution in [3.63, 3.8) is 0 Å². The van der Waals surface area contributed by atoms with E-state index in [1.807, 2.05) is 0 Å². The molecule has 13 aromatic rings. The Morgan fingerprint density at radius 2 is 0.839 bits per heavy atom. The van der Waals surface area contributed by atoms with Crippen LogP contribution >= 0.6 is 0 Å². The number of nitrogens with zero attached hydrogens (tertiary/aromatic N) is 2. The van der Waals surface area contributed by atoms with E-state index in [9.17, 15) is 0 Å². The number of aromatic nitrogens is 2. The van der Waals surface area contributed by atoms with Crippen molar-refractivity contribution in [3.05, 3.63) is 218 Å². The first-order chi connectivity index (χ1) is 30.8. The lowest BCUT2D eigenvalue weighted by atomic mass is 9.93. The van der Waals surface area contributed by atoms with Gasteiger partial charge in [0, 0.05) is 38.0 Å². The lowest BCUT2D eigenvalue weighted by Gasteiger charge is -2.16. The molecule has 2 aromatic heterocycles. The molecule has 0 aliphatic heterocycles. The van der Waals surface area contributed by atoms with Crippen molar-refractivity contribution in [2.75, 3.05) is 0 Å². The Labute approximate surface area is 357 Å². The zero-order chi connectivity index (χ0) is 40.5. The molecule has 0 bridgehead atoms. The lowest BCUT2D eigenvalue weighted by molar-refractivity contribution is 1.19. The number of rotatable bonds is 4. The maximum atomic E-state index is 2.49. The van der Waals surface area contributed by atoms with E-state index in [-0.39, 0.29) is 0 Å². The highest BCUT2D eigenvalue weighted by Crippen LogP contribution is 2.49. The van der Waals surface area contributed by atoms with Crippen LogP contribution in [0.25, 0.3) is 132 Å². The van der Waals surface area contributed by atoms with Crippen molar-refractivity contribution in [3.8, 4) is 55.9 Å². The first-order valence-electron chi connectivity index (χ1n) is 21.5. The van der Waals surface area contributed by atoms with Crippen LogP contribution in [-0.4, -0.2) is 9.13 Å². The van der Waals surface area contributed by atoms with Crippen LogP contribution in [-0.2, 0) is 0 Å². The molecule has 1 aliphatic rings. The third-order valence-corrected chi connectivity index (χ3v) is 13.6. The van der Waals surface area contributed by atoms with E-state index in [1.165, 1.54) is 126 Å². The Morgan fingerprint density at radius 3 is 1.65 bits per heavy atom. The molecule has 62 heavy (non-hydrogen) atoms. The summed E-state index contributed by atoms with van der Waals surface area (Å²) in [5.41, 5.74) is 17.3. The van der Waals surface area contributed by atoms with E-state index in [4.69, 9.17) is 0 Å². The van der Waals surface area contributed by atoms with Crippen molar-refractivity contribution in [1.82, 2.24) is 9.13 Å². The second-order valence-corrected chi connectivity index (χ2v) is 16.8. The molecule has 11 aromatic carbocycles. The summed E-state index contributed by atoms with van der Waals surface area (Å²) < 4.78 is 4.95. The Kier molecular flexibility index (Phi) is 6.86. The maximum absolute atomic E-state index is 2.49. The van der Waals surface area contributed by atoms with E-state index in [2.05, 4.69) is 228 Å². The monoisotopic (exact) mass is 784 g/mol. The summed E-state index contributed by atoms with van der Waals surface area (Å²) in [6.45, 7) is 0. The first kappa shape index (κ1) is 33.6. The molecule has 0 N–H and O–H groups in total. The minimum Gasteiger partial charge on any atom is -0.309 e. The molecular formula is C60H36N2. The third-order valence-electron chi connectivity index (χ3n) is 13.6. The lowest BCUT2D eigenvalue weighted by Crippen LogP contribution is -1.97. The SMILES string of the molecule is c1ccc(-n2c3cc(-c4ccc5c6ccccc6n(-c6ccc(-c7ccc8c(c7)-c7cccc9cccc-8c79)c7ccccc67)c5c4)ccc3c3ccc4ccccc4c32)cc1. The minimum atomic E-state index is 1.16. The van der Waals surface area contributed by atoms with Gasteiger partial charge in [-0.3, -0.25) is 0 Å². The van der Waals surface area contributed by atoms with E-state index in [0.29, 0.717) is 0 Å². The summed E-state index contributed by atoms with van der Waals surface area (Å²) in [5, 5.41) is 12.7. The van der Waals surface area contributed by atoms with E-state index >= 15 is 0 Å². The van der Waals surface area contributed by atoms with Gasteiger partial charge >= 0.3 is 0 Å². The molecule has 0 fully saturated rings. The molecule has 0 unspecified atom stereocenters. The normalized spacial score (nSPS) is 12.2. The van der Waals surface area contributed by atoms with Crippen molar-refractivity contribution >= 4 is 75.9 Å². The maximum Gasteiger partial charge on any atom is 0.0619 e.